The molecule has 2 aromatic heterocycles. The summed E-state index contributed by atoms with van der Waals surface area (Å²) in [5.41, 5.74) is 1.11. The van der Waals surface area contributed by atoms with Crippen LogP contribution in [-0.4, -0.2) is 19.7 Å². The summed E-state index contributed by atoms with van der Waals surface area (Å²) in [7, 11) is 1.93. The van der Waals surface area contributed by atoms with E-state index in [-0.39, 0.29) is 5.41 Å². The van der Waals surface area contributed by atoms with Gasteiger partial charge in [-0.3, -0.25) is 5.10 Å². The predicted molar refractivity (Wildman–Crippen MR) is 77.6 cm³/mol. The van der Waals surface area contributed by atoms with E-state index in [0.717, 1.165) is 27.8 Å². The first-order valence-electron chi connectivity index (χ1n) is 5.96. The van der Waals surface area contributed by atoms with Crippen molar-refractivity contribution in [3.05, 3.63) is 15.5 Å². The van der Waals surface area contributed by atoms with Crippen LogP contribution in [0.4, 0.5) is 0 Å². The molecule has 0 saturated carbocycles. The molecule has 4 nitrogen and oxygen atoms in total. The minimum absolute atomic E-state index is 0.00677. The Kier molecular flexibility index (Phi) is 3.42. The summed E-state index contributed by atoms with van der Waals surface area (Å²) in [6.45, 7) is 8.64. The van der Waals surface area contributed by atoms with Crippen molar-refractivity contribution in [3.8, 4) is 10.7 Å². The van der Waals surface area contributed by atoms with E-state index in [1.165, 1.54) is 0 Å². The van der Waals surface area contributed by atoms with Gasteiger partial charge in [0.1, 0.15) is 0 Å². The number of hydrogen-bond acceptors (Lipinski definition) is 4. The number of aromatic nitrogens is 4. The number of hydrogen-bond donors (Lipinski definition) is 1. The lowest BCUT2D eigenvalue weighted by Crippen LogP contribution is -2.13. The van der Waals surface area contributed by atoms with Gasteiger partial charge in [0.25, 0.3) is 0 Å². The predicted octanol–water partition coefficient (Wildman–Crippen LogP) is 3.46. The van der Waals surface area contributed by atoms with E-state index >= 15 is 0 Å². The van der Waals surface area contributed by atoms with Crippen LogP contribution in [0, 0.1) is 4.77 Å². The van der Waals surface area contributed by atoms with Gasteiger partial charge in [0, 0.05) is 12.5 Å². The Morgan fingerprint density at radius 1 is 1.39 bits per heavy atom. The number of aromatic amines is 1. The first-order valence-corrected chi connectivity index (χ1v) is 7.19. The second-order valence-electron chi connectivity index (χ2n) is 5.30. The normalized spacial score (nSPS) is 12.1. The first-order chi connectivity index (χ1) is 8.34. The lowest BCUT2D eigenvalue weighted by Gasteiger charge is -2.17. The molecule has 1 N–H and O–H groups in total. The fourth-order valence-corrected chi connectivity index (χ4v) is 3.10. The molecule has 0 atom stereocenters. The highest BCUT2D eigenvalue weighted by Crippen LogP contribution is 2.36. The largest absolute Gasteiger partial charge is 0.303 e. The number of nitrogens with one attached hydrogen (secondary N) is 1. The second kappa shape index (κ2) is 4.59. The van der Waals surface area contributed by atoms with Crippen molar-refractivity contribution < 1.29 is 0 Å². The minimum atomic E-state index is 0.00677. The average molecular weight is 282 g/mol. The third-order valence-electron chi connectivity index (χ3n) is 2.77. The number of thiazole rings is 1. The molecule has 0 aliphatic carbocycles. The van der Waals surface area contributed by atoms with Gasteiger partial charge >= 0.3 is 0 Å². The monoisotopic (exact) mass is 282 g/mol. The summed E-state index contributed by atoms with van der Waals surface area (Å²) in [6, 6.07) is 0. The molecule has 0 amide bonds. The molecule has 0 spiro atoms. The third-order valence-corrected chi connectivity index (χ3v) is 4.33. The maximum atomic E-state index is 5.18. The molecule has 0 aliphatic heterocycles. The van der Waals surface area contributed by atoms with E-state index in [4.69, 9.17) is 17.2 Å². The van der Waals surface area contributed by atoms with Gasteiger partial charge in [0.15, 0.2) is 10.6 Å². The molecule has 2 rings (SSSR count). The summed E-state index contributed by atoms with van der Waals surface area (Å²) in [5, 5.41) is 8.30. The zero-order valence-corrected chi connectivity index (χ0v) is 13.0. The Morgan fingerprint density at radius 2 is 2.06 bits per heavy atom. The molecule has 0 bridgehead atoms. The topological polar surface area (TPSA) is 46.5 Å². The molecular weight excluding hydrogens is 264 g/mol. The van der Waals surface area contributed by atoms with Crippen LogP contribution < -0.4 is 0 Å². The summed E-state index contributed by atoms with van der Waals surface area (Å²) in [5.74, 6) is 0.877. The standard InChI is InChI=1S/C12H18N4S2/c1-6-7-13-9(12(2,3)4)8(18-7)10-14-15-11(17)16(10)5/h6H2,1-5H3,(H,15,17). The number of aryl methyl sites for hydroxylation is 1. The van der Waals surface area contributed by atoms with Crippen LogP contribution in [0.25, 0.3) is 10.7 Å². The van der Waals surface area contributed by atoms with Crippen molar-refractivity contribution in [1.82, 2.24) is 19.7 Å². The van der Waals surface area contributed by atoms with Crippen LogP contribution in [0.5, 0.6) is 0 Å². The zero-order valence-electron chi connectivity index (χ0n) is 11.4. The van der Waals surface area contributed by atoms with E-state index in [9.17, 15) is 0 Å². The van der Waals surface area contributed by atoms with Gasteiger partial charge in [-0.2, -0.15) is 5.10 Å². The molecule has 2 aromatic rings. The highest BCUT2D eigenvalue weighted by atomic mass is 32.1. The Balaban J connectivity index is 2.67. The maximum Gasteiger partial charge on any atom is 0.195 e. The number of nitrogens with zero attached hydrogens (tertiary/aromatic N) is 3. The minimum Gasteiger partial charge on any atom is -0.303 e. The van der Waals surface area contributed by atoms with Crippen molar-refractivity contribution in [2.75, 3.05) is 0 Å². The zero-order chi connectivity index (χ0) is 13.5. The Morgan fingerprint density at radius 3 is 2.50 bits per heavy atom. The van der Waals surface area contributed by atoms with Crippen molar-refractivity contribution in [3.63, 3.8) is 0 Å². The van der Waals surface area contributed by atoms with Crippen molar-refractivity contribution in [1.29, 1.82) is 0 Å². The van der Waals surface area contributed by atoms with Crippen LogP contribution >= 0.6 is 23.6 Å². The van der Waals surface area contributed by atoms with Gasteiger partial charge in [0.05, 0.1) is 15.6 Å². The van der Waals surface area contributed by atoms with Crippen LogP contribution in [-0.2, 0) is 18.9 Å². The molecule has 18 heavy (non-hydrogen) atoms. The summed E-state index contributed by atoms with van der Waals surface area (Å²) < 4.78 is 2.54. The molecular formula is C12H18N4S2. The van der Waals surface area contributed by atoms with Crippen molar-refractivity contribution >= 4 is 23.6 Å². The Hall–Kier alpha value is -1.01. The molecule has 6 heteroatoms. The quantitative estimate of drug-likeness (QED) is 0.858. The van der Waals surface area contributed by atoms with Gasteiger partial charge < -0.3 is 4.57 Å². The molecule has 0 saturated heterocycles. The van der Waals surface area contributed by atoms with Crippen molar-refractivity contribution in [2.24, 2.45) is 7.05 Å². The van der Waals surface area contributed by atoms with Gasteiger partial charge in [-0.25, -0.2) is 4.98 Å². The van der Waals surface area contributed by atoms with Crippen LogP contribution in [0.3, 0.4) is 0 Å². The molecule has 2 heterocycles. The third kappa shape index (κ3) is 2.27. The highest BCUT2D eigenvalue weighted by Gasteiger charge is 2.26. The molecule has 0 radical (unpaired) electrons. The highest BCUT2D eigenvalue weighted by molar-refractivity contribution is 7.71. The molecule has 0 unspecified atom stereocenters. The van der Waals surface area contributed by atoms with Gasteiger partial charge in [-0.1, -0.05) is 27.7 Å². The summed E-state index contributed by atoms with van der Waals surface area (Å²) >= 11 is 6.88. The van der Waals surface area contributed by atoms with Crippen LogP contribution in [0.1, 0.15) is 38.4 Å². The Labute approximate surface area is 116 Å². The summed E-state index contributed by atoms with van der Waals surface area (Å²) in [6.07, 6.45) is 0.947. The first kappa shape index (κ1) is 13.4. The lowest BCUT2D eigenvalue weighted by molar-refractivity contribution is 0.572. The number of H-pyrrole nitrogens is 1. The van der Waals surface area contributed by atoms with Crippen LogP contribution in [0.15, 0.2) is 0 Å². The van der Waals surface area contributed by atoms with Crippen molar-refractivity contribution in [2.45, 2.75) is 39.5 Å². The maximum absolute atomic E-state index is 5.18. The smallest absolute Gasteiger partial charge is 0.195 e. The lowest BCUT2D eigenvalue weighted by atomic mass is 9.91. The van der Waals surface area contributed by atoms with E-state index in [1.807, 2.05) is 11.6 Å². The second-order valence-corrected chi connectivity index (χ2v) is 6.77. The van der Waals surface area contributed by atoms with E-state index in [0.29, 0.717) is 4.77 Å². The van der Waals surface area contributed by atoms with Gasteiger partial charge in [-0.15, -0.1) is 11.3 Å². The number of rotatable bonds is 2. The Bertz CT molecular complexity index is 613. The molecule has 0 fully saturated rings. The molecule has 0 aromatic carbocycles. The van der Waals surface area contributed by atoms with Crippen LogP contribution in [0.2, 0.25) is 0 Å². The fraction of sp³-hybridized carbons (Fsp3) is 0.583. The summed E-state index contributed by atoms with van der Waals surface area (Å²) in [4.78, 5) is 5.86. The SMILES string of the molecule is CCc1nc(C(C)(C)C)c(-c2n[nH]c(=S)n2C)s1. The van der Waals surface area contributed by atoms with Gasteiger partial charge in [0.2, 0.25) is 0 Å². The van der Waals surface area contributed by atoms with E-state index < -0.39 is 0 Å². The van der Waals surface area contributed by atoms with Gasteiger partial charge in [-0.05, 0) is 18.6 Å². The van der Waals surface area contributed by atoms with E-state index in [2.05, 4.69) is 37.9 Å². The van der Waals surface area contributed by atoms with E-state index in [1.54, 1.807) is 11.3 Å². The average Bonchev–Trinajstić information content (AvgIpc) is 2.84. The molecule has 98 valence electrons. The molecule has 0 aliphatic rings. The fourth-order valence-electron chi connectivity index (χ4n) is 1.73.